The second-order valence-corrected chi connectivity index (χ2v) is 4.09. The fraction of sp³-hybridized carbons (Fsp3) is 0.429. The van der Waals surface area contributed by atoms with E-state index < -0.39 is 0 Å². The van der Waals surface area contributed by atoms with Crippen LogP contribution in [0.2, 0.25) is 0 Å². The van der Waals surface area contributed by atoms with Crippen molar-refractivity contribution in [1.29, 1.82) is 0 Å². The normalized spacial score (nSPS) is 11.7. The van der Waals surface area contributed by atoms with E-state index in [0.717, 1.165) is 5.69 Å². The Hall–Kier alpha value is -1.88. The van der Waals surface area contributed by atoms with Crippen LogP contribution in [-0.4, -0.2) is 31.1 Å². The molecule has 1 aromatic carbocycles. The van der Waals surface area contributed by atoms with E-state index >= 15 is 0 Å². The van der Waals surface area contributed by atoms with Gasteiger partial charge in [-0.2, -0.15) is 0 Å². The second-order valence-electron chi connectivity index (χ2n) is 4.09. The molecule has 5 heteroatoms. The van der Waals surface area contributed by atoms with Crippen LogP contribution in [0.4, 0.5) is 5.69 Å². The van der Waals surface area contributed by atoms with Crippen molar-refractivity contribution in [2.24, 2.45) is 0 Å². The maximum atomic E-state index is 11.8. The summed E-state index contributed by atoms with van der Waals surface area (Å²) in [5.41, 5.74) is 0.756. The minimum absolute atomic E-state index is 0.130. The Balaban J connectivity index is 2.27. The summed E-state index contributed by atoms with van der Waals surface area (Å²) >= 11 is 0. The van der Waals surface area contributed by atoms with Crippen molar-refractivity contribution in [2.45, 2.75) is 26.3 Å². The lowest BCUT2D eigenvalue weighted by Gasteiger charge is -2.13. The van der Waals surface area contributed by atoms with Crippen LogP contribution in [0.25, 0.3) is 0 Å². The number of esters is 1. The molecule has 0 aliphatic heterocycles. The van der Waals surface area contributed by atoms with Crippen LogP contribution in [0.5, 0.6) is 0 Å². The van der Waals surface area contributed by atoms with Crippen molar-refractivity contribution in [1.82, 2.24) is 5.32 Å². The zero-order chi connectivity index (χ0) is 14.1. The summed E-state index contributed by atoms with van der Waals surface area (Å²) in [5, 5.41) is 5.77. The van der Waals surface area contributed by atoms with Gasteiger partial charge in [-0.05, 0) is 26.0 Å². The molecule has 0 saturated carbocycles. The summed E-state index contributed by atoms with van der Waals surface area (Å²) < 4.78 is 4.80. The molecule has 0 aliphatic rings. The van der Waals surface area contributed by atoms with Gasteiger partial charge < -0.3 is 15.4 Å². The van der Waals surface area contributed by atoms with E-state index in [9.17, 15) is 9.59 Å². The molecule has 1 atom stereocenters. The molecule has 0 saturated heterocycles. The van der Waals surface area contributed by atoms with E-state index in [1.165, 1.54) is 0 Å². The Morgan fingerprint density at radius 1 is 1.26 bits per heavy atom. The van der Waals surface area contributed by atoms with Crippen LogP contribution < -0.4 is 10.6 Å². The van der Waals surface area contributed by atoms with Crippen LogP contribution in [0.15, 0.2) is 30.3 Å². The fourth-order valence-electron chi connectivity index (χ4n) is 1.49. The summed E-state index contributed by atoms with van der Waals surface area (Å²) in [6.45, 7) is 4.32. The van der Waals surface area contributed by atoms with Gasteiger partial charge in [0.1, 0.15) is 0 Å². The first kappa shape index (κ1) is 15.2. The summed E-state index contributed by atoms with van der Waals surface area (Å²) in [6.07, 6.45) is 0.261. The average molecular weight is 264 g/mol. The number of rotatable bonds is 7. The van der Waals surface area contributed by atoms with Crippen molar-refractivity contribution in [3.63, 3.8) is 0 Å². The minimum Gasteiger partial charge on any atom is -0.466 e. The van der Waals surface area contributed by atoms with Gasteiger partial charge in [0, 0.05) is 12.2 Å². The lowest BCUT2D eigenvalue weighted by Crippen LogP contribution is -2.39. The Morgan fingerprint density at radius 3 is 2.58 bits per heavy atom. The molecule has 1 aromatic rings. The molecular formula is C14H20N2O3. The number of hydrogen-bond acceptors (Lipinski definition) is 4. The van der Waals surface area contributed by atoms with Gasteiger partial charge in [0.05, 0.1) is 19.1 Å². The molecule has 0 aliphatic carbocycles. The lowest BCUT2D eigenvalue weighted by molar-refractivity contribution is -0.143. The molecule has 1 rings (SSSR count). The molecule has 19 heavy (non-hydrogen) atoms. The quantitative estimate of drug-likeness (QED) is 0.733. The van der Waals surface area contributed by atoms with Gasteiger partial charge in [-0.15, -0.1) is 0 Å². The zero-order valence-corrected chi connectivity index (χ0v) is 11.3. The van der Waals surface area contributed by atoms with Crippen LogP contribution in [-0.2, 0) is 14.3 Å². The molecule has 0 bridgehead atoms. The van der Waals surface area contributed by atoms with Gasteiger partial charge >= 0.3 is 5.97 Å². The number of nitrogens with one attached hydrogen (secondary N) is 2. The van der Waals surface area contributed by atoms with Gasteiger partial charge in [0.15, 0.2) is 0 Å². The third-order valence-corrected chi connectivity index (χ3v) is 2.52. The third-order valence-electron chi connectivity index (χ3n) is 2.52. The van der Waals surface area contributed by atoms with Crippen LogP contribution in [0.1, 0.15) is 20.3 Å². The largest absolute Gasteiger partial charge is 0.466 e. The van der Waals surface area contributed by atoms with Crippen molar-refractivity contribution in [2.75, 3.05) is 18.5 Å². The van der Waals surface area contributed by atoms with E-state index in [4.69, 9.17) is 4.74 Å². The molecule has 1 unspecified atom stereocenters. The van der Waals surface area contributed by atoms with E-state index in [-0.39, 0.29) is 24.3 Å². The monoisotopic (exact) mass is 264 g/mol. The van der Waals surface area contributed by atoms with Crippen LogP contribution in [0, 0.1) is 0 Å². The highest BCUT2D eigenvalue weighted by molar-refractivity contribution is 5.94. The van der Waals surface area contributed by atoms with Crippen molar-refractivity contribution >= 4 is 17.6 Å². The molecular weight excluding hydrogens is 244 g/mol. The zero-order valence-electron chi connectivity index (χ0n) is 11.3. The predicted octanol–water partition coefficient (Wildman–Crippen LogP) is 1.56. The molecule has 0 aromatic heterocycles. The van der Waals surface area contributed by atoms with Gasteiger partial charge in [-0.25, -0.2) is 0 Å². The first-order valence-electron chi connectivity index (χ1n) is 6.38. The number of ether oxygens (including phenoxy) is 1. The highest BCUT2D eigenvalue weighted by atomic mass is 16.5. The van der Waals surface area contributed by atoms with Gasteiger partial charge in [0.25, 0.3) is 0 Å². The van der Waals surface area contributed by atoms with Crippen molar-refractivity contribution in [3.05, 3.63) is 30.3 Å². The number of benzene rings is 1. The van der Waals surface area contributed by atoms with Gasteiger partial charge in [-0.3, -0.25) is 9.59 Å². The first-order chi connectivity index (χ1) is 9.13. The second kappa shape index (κ2) is 8.26. The number of para-hydroxylation sites is 1. The number of carbonyl (C=O) groups excluding carboxylic acids is 2. The molecule has 0 spiro atoms. The van der Waals surface area contributed by atoms with E-state index in [2.05, 4.69) is 10.6 Å². The Kier molecular flexibility index (Phi) is 6.60. The maximum Gasteiger partial charge on any atom is 0.307 e. The lowest BCUT2D eigenvalue weighted by atomic mass is 10.2. The number of carbonyl (C=O) groups is 2. The Bertz CT molecular complexity index is 406. The Labute approximate surface area is 113 Å². The maximum absolute atomic E-state index is 11.8. The third kappa shape index (κ3) is 6.01. The number of hydrogen-bond donors (Lipinski definition) is 2. The van der Waals surface area contributed by atoms with Crippen molar-refractivity contribution in [3.8, 4) is 0 Å². The van der Waals surface area contributed by atoms with E-state index in [1.807, 2.05) is 30.3 Å². The van der Waals surface area contributed by atoms with E-state index in [0.29, 0.717) is 13.2 Å². The standard InChI is InChI=1S/C14H20N2O3/c1-3-19-13(17)9-10-15-11(2)14(18)16-12-7-5-4-6-8-12/h4-8,11,15H,3,9-10H2,1-2H3,(H,16,18). The topological polar surface area (TPSA) is 67.4 Å². The summed E-state index contributed by atoms with van der Waals surface area (Å²) in [5.74, 6) is -0.388. The predicted molar refractivity (Wildman–Crippen MR) is 73.8 cm³/mol. The minimum atomic E-state index is -0.366. The molecule has 104 valence electrons. The number of amides is 1. The summed E-state index contributed by atoms with van der Waals surface area (Å²) in [6, 6.07) is 8.88. The molecule has 1 amide bonds. The summed E-state index contributed by atoms with van der Waals surface area (Å²) in [7, 11) is 0. The van der Waals surface area contributed by atoms with Crippen molar-refractivity contribution < 1.29 is 14.3 Å². The van der Waals surface area contributed by atoms with Gasteiger partial charge in [-0.1, -0.05) is 18.2 Å². The molecule has 2 N–H and O–H groups in total. The first-order valence-corrected chi connectivity index (χ1v) is 6.38. The highest BCUT2D eigenvalue weighted by Crippen LogP contribution is 2.05. The number of anilines is 1. The smallest absolute Gasteiger partial charge is 0.307 e. The van der Waals surface area contributed by atoms with E-state index in [1.54, 1.807) is 13.8 Å². The van der Waals surface area contributed by atoms with Crippen LogP contribution >= 0.6 is 0 Å². The molecule has 0 radical (unpaired) electrons. The molecule has 0 fully saturated rings. The highest BCUT2D eigenvalue weighted by Gasteiger charge is 2.12. The van der Waals surface area contributed by atoms with Crippen LogP contribution in [0.3, 0.4) is 0 Å². The Morgan fingerprint density at radius 2 is 1.95 bits per heavy atom. The molecule has 0 heterocycles. The molecule has 5 nitrogen and oxygen atoms in total. The summed E-state index contributed by atoms with van der Waals surface area (Å²) in [4.78, 5) is 22.9. The average Bonchev–Trinajstić information content (AvgIpc) is 2.40. The fourth-order valence-corrected chi connectivity index (χ4v) is 1.49. The SMILES string of the molecule is CCOC(=O)CCNC(C)C(=O)Nc1ccccc1. The van der Waals surface area contributed by atoms with Gasteiger partial charge in [0.2, 0.25) is 5.91 Å².